The fraction of sp³-hybridized carbons (Fsp3) is 0.917. The lowest BCUT2D eigenvalue weighted by atomic mass is 10.0. The highest BCUT2D eigenvalue weighted by molar-refractivity contribution is 5.50. The molecule has 1 heteroatoms. The second-order valence-corrected chi connectivity index (χ2v) is 4.13. The van der Waals surface area contributed by atoms with E-state index in [4.69, 9.17) is 0 Å². The molecule has 0 aliphatic heterocycles. The third-order valence-electron chi connectivity index (χ3n) is 2.49. The maximum atomic E-state index is 2.36. The zero-order chi connectivity index (χ0) is 10.1. The maximum Gasteiger partial charge on any atom is 0.142 e. The maximum absolute atomic E-state index is 2.36. The van der Waals surface area contributed by atoms with Gasteiger partial charge in [0.1, 0.15) is 19.8 Å². The van der Waals surface area contributed by atoms with Crippen molar-refractivity contribution in [2.24, 2.45) is 5.92 Å². The monoisotopic (exact) mass is 184 g/mol. The summed E-state index contributed by atoms with van der Waals surface area (Å²) in [5.74, 6) is 0.891. The number of hydrogen-bond donors (Lipinski definition) is 0. The van der Waals surface area contributed by atoms with Crippen LogP contribution in [0.15, 0.2) is 0 Å². The van der Waals surface area contributed by atoms with Crippen molar-refractivity contribution in [3.63, 3.8) is 0 Å². The fourth-order valence-corrected chi connectivity index (χ4v) is 1.50. The van der Waals surface area contributed by atoms with E-state index in [1.54, 1.807) is 0 Å². The van der Waals surface area contributed by atoms with Gasteiger partial charge < -0.3 is 0 Å². The van der Waals surface area contributed by atoms with E-state index < -0.39 is 0 Å². The van der Waals surface area contributed by atoms with Gasteiger partial charge in [-0.05, 0) is 12.3 Å². The smallest absolute Gasteiger partial charge is 0.142 e. The Morgan fingerprint density at radius 1 is 1.15 bits per heavy atom. The first-order valence-electron chi connectivity index (χ1n) is 5.74. The van der Waals surface area contributed by atoms with Crippen LogP contribution in [-0.4, -0.2) is 24.4 Å². The Morgan fingerprint density at radius 2 is 1.85 bits per heavy atom. The van der Waals surface area contributed by atoms with Crippen LogP contribution in [0.5, 0.6) is 0 Å². The van der Waals surface area contributed by atoms with Crippen LogP contribution in [0, 0.1) is 5.92 Å². The summed E-state index contributed by atoms with van der Waals surface area (Å²) >= 11 is 0. The van der Waals surface area contributed by atoms with E-state index in [1.165, 1.54) is 38.6 Å². The minimum absolute atomic E-state index is 0.891. The lowest BCUT2D eigenvalue weighted by Gasteiger charge is -2.06. The molecule has 0 amide bonds. The molecule has 0 aliphatic rings. The van der Waals surface area contributed by atoms with Gasteiger partial charge in [-0.2, -0.15) is 0 Å². The van der Waals surface area contributed by atoms with Crippen molar-refractivity contribution >= 4 is 6.21 Å². The highest BCUT2D eigenvalue weighted by atomic mass is 14.9. The third-order valence-corrected chi connectivity index (χ3v) is 2.49. The molecule has 0 bridgehead atoms. The van der Waals surface area contributed by atoms with Gasteiger partial charge in [-0.15, -0.1) is 0 Å². The highest BCUT2D eigenvalue weighted by Crippen LogP contribution is 2.08. The number of rotatable bonds is 7. The van der Waals surface area contributed by atoms with Gasteiger partial charge in [0, 0.05) is 12.8 Å². The predicted molar refractivity (Wildman–Crippen MR) is 60.7 cm³/mol. The van der Waals surface area contributed by atoms with Gasteiger partial charge >= 0.3 is 0 Å². The Kier molecular flexibility index (Phi) is 8.07. The van der Waals surface area contributed by atoms with Gasteiger partial charge in [-0.1, -0.05) is 33.6 Å². The van der Waals surface area contributed by atoms with Gasteiger partial charge in [0.25, 0.3) is 0 Å². The zero-order valence-corrected chi connectivity index (χ0v) is 9.84. The molecule has 1 nitrogen and oxygen atoms in total. The van der Waals surface area contributed by atoms with Crippen LogP contribution in [0.1, 0.15) is 52.9 Å². The summed E-state index contributed by atoms with van der Waals surface area (Å²) in [6, 6.07) is 0. The second-order valence-electron chi connectivity index (χ2n) is 4.13. The molecule has 0 aliphatic carbocycles. The molecule has 1 atom stereocenters. The van der Waals surface area contributed by atoms with E-state index in [0.717, 1.165) is 5.92 Å². The molecule has 0 saturated carbocycles. The normalized spacial score (nSPS) is 14.6. The SMILES string of the molecule is CCCC=[N+](C)CCC(C)CCC. The molecule has 0 saturated heterocycles. The molecule has 0 heterocycles. The summed E-state index contributed by atoms with van der Waals surface area (Å²) in [7, 11) is 2.19. The molecule has 0 aromatic heterocycles. The van der Waals surface area contributed by atoms with Crippen LogP contribution in [0.3, 0.4) is 0 Å². The van der Waals surface area contributed by atoms with E-state index in [9.17, 15) is 0 Å². The summed E-state index contributed by atoms with van der Waals surface area (Å²) in [5, 5.41) is 0. The minimum Gasteiger partial charge on any atom is -0.242 e. The molecule has 0 rings (SSSR count). The molecule has 0 fully saturated rings. The molecule has 0 aromatic rings. The first-order valence-corrected chi connectivity index (χ1v) is 5.74. The van der Waals surface area contributed by atoms with Crippen LogP contribution in [-0.2, 0) is 0 Å². The van der Waals surface area contributed by atoms with E-state index in [1.807, 2.05) is 0 Å². The van der Waals surface area contributed by atoms with Gasteiger partial charge in [-0.3, -0.25) is 0 Å². The molecule has 78 valence electrons. The molecule has 13 heavy (non-hydrogen) atoms. The first kappa shape index (κ1) is 12.7. The minimum atomic E-state index is 0.891. The lowest BCUT2D eigenvalue weighted by molar-refractivity contribution is -0.495. The molecular formula is C12H26N+. The lowest BCUT2D eigenvalue weighted by Crippen LogP contribution is -2.12. The van der Waals surface area contributed by atoms with Crippen molar-refractivity contribution in [2.75, 3.05) is 13.6 Å². The van der Waals surface area contributed by atoms with E-state index >= 15 is 0 Å². The fourth-order valence-electron chi connectivity index (χ4n) is 1.50. The third kappa shape index (κ3) is 8.01. The van der Waals surface area contributed by atoms with Crippen LogP contribution >= 0.6 is 0 Å². The molecule has 0 aromatic carbocycles. The van der Waals surface area contributed by atoms with Gasteiger partial charge in [0.15, 0.2) is 0 Å². The van der Waals surface area contributed by atoms with E-state index in [2.05, 4.69) is 38.6 Å². The van der Waals surface area contributed by atoms with Crippen molar-refractivity contribution in [2.45, 2.75) is 52.9 Å². The van der Waals surface area contributed by atoms with Gasteiger partial charge in [-0.25, -0.2) is 4.58 Å². The average Bonchev–Trinajstić information content (AvgIpc) is 2.12. The quantitative estimate of drug-likeness (QED) is 0.422. The van der Waals surface area contributed by atoms with Crippen molar-refractivity contribution < 1.29 is 4.58 Å². The molecular weight excluding hydrogens is 158 g/mol. The standard InChI is InChI=1S/C12H26N/c1-5-7-10-13(4)11-9-12(3)8-6-2/h10,12H,5-9,11H2,1-4H3/q+1. The van der Waals surface area contributed by atoms with E-state index in [-0.39, 0.29) is 0 Å². The predicted octanol–water partition coefficient (Wildman–Crippen LogP) is 3.33. The molecule has 0 N–H and O–H groups in total. The van der Waals surface area contributed by atoms with Crippen molar-refractivity contribution in [1.82, 2.24) is 0 Å². The Balaban J connectivity index is 3.50. The molecule has 0 radical (unpaired) electrons. The first-order chi connectivity index (χ1) is 6.20. The summed E-state index contributed by atoms with van der Waals surface area (Å²) in [6.07, 6.45) is 8.84. The number of unbranched alkanes of at least 4 members (excludes halogenated alkanes) is 1. The Labute approximate surface area is 83.9 Å². The molecule has 1 unspecified atom stereocenters. The Bertz CT molecular complexity index is 138. The summed E-state index contributed by atoms with van der Waals surface area (Å²) in [6.45, 7) is 8.08. The van der Waals surface area contributed by atoms with Crippen LogP contribution in [0.2, 0.25) is 0 Å². The second kappa shape index (κ2) is 8.28. The van der Waals surface area contributed by atoms with Crippen molar-refractivity contribution in [3.8, 4) is 0 Å². The van der Waals surface area contributed by atoms with Crippen molar-refractivity contribution in [1.29, 1.82) is 0 Å². The zero-order valence-electron chi connectivity index (χ0n) is 9.84. The Hall–Kier alpha value is -0.330. The summed E-state index contributed by atoms with van der Waals surface area (Å²) in [5.41, 5.74) is 0. The summed E-state index contributed by atoms with van der Waals surface area (Å²) in [4.78, 5) is 0. The van der Waals surface area contributed by atoms with Crippen LogP contribution in [0.25, 0.3) is 0 Å². The number of hydrogen-bond acceptors (Lipinski definition) is 0. The molecule has 0 spiro atoms. The average molecular weight is 184 g/mol. The van der Waals surface area contributed by atoms with Gasteiger partial charge in [0.05, 0.1) is 0 Å². The highest BCUT2D eigenvalue weighted by Gasteiger charge is 2.03. The van der Waals surface area contributed by atoms with Crippen molar-refractivity contribution in [3.05, 3.63) is 0 Å². The Morgan fingerprint density at radius 3 is 2.38 bits per heavy atom. The van der Waals surface area contributed by atoms with Crippen LogP contribution in [0.4, 0.5) is 0 Å². The number of nitrogens with zero attached hydrogens (tertiary/aromatic N) is 1. The largest absolute Gasteiger partial charge is 0.242 e. The summed E-state index contributed by atoms with van der Waals surface area (Å²) < 4.78 is 2.34. The topological polar surface area (TPSA) is 3.01 Å². The van der Waals surface area contributed by atoms with E-state index in [0.29, 0.717) is 0 Å². The van der Waals surface area contributed by atoms with Crippen LogP contribution < -0.4 is 0 Å². The van der Waals surface area contributed by atoms with Gasteiger partial charge in [0.2, 0.25) is 0 Å².